The third-order valence-electron chi connectivity index (χ3n) is 7.95. The topological polar surface area (TPSA) is 42.0 Å². The molecule has 1 aromatic rings. The molecule has 0 saturated carbocycles. The molecule has 0 amide bonds. The summed E-state index contributed by atoms with van der Waals surface area (Å²) in [7, 11) is 1.73. The van der Waals surface area contributed by atoms with Crippen LogP contribution in [0.25, 0.3) is 0 Å². The first-order valence-corrected chi connectivity index (χ1v) is 11.7. The van der Waals surface area contributed by atoms with E-state index in [9.17, 15) is 4.79 Å². The summed E-state index contributed by atoms with van der Waals surface area (Å²) >= 11 is 0. The lowest BCUT2D eigenvalue weighted by Crippen LogP contribution is -2.49. The third-order valence-corrected chi connectivity index (χ3v) is 7.95. The minimum Gasteiger partial charge on any atom is -0.495 e. The van der Waals surface area contributed by atoms with Crippen LogP contribution < -0.4 is 9.64 Å². The molecule has 0 spiro atoms. The van der Waals surface area contributed by atoms with Crippen molar-refractivity contribution < 1.29 is 14.3 Å². The van der Waals surface area contributed by atoms with E-state index in [0.29, 0.717) is 0 Å². The molecule has 0 unspecified atom stereocenters. The molecule has 5 nitrogen and oxygen atoms in total. The van der Waals surface area contributed by atoms with Crippen LogP contribution in [-0.4, -0.2) is 56.8 Å². The van der Waals surface area contributed by atoms with Gasteiger partial charge < -0.3 is 14.4 Å². The molecule has 4 aliphatic rings. The summed E-state index contributed by atoms with van der Waals surface area (Å²) in [5.74, 6) is 1.09. The second-order valence-electron chi connectivity index (χ2n) is 9.89. The summed E-state index contributed by atoms with van der Waals surface area (Å²) in [6.45, 7) is 9.16. The minimum atomic E-state index is -0.0467. The van der Waals surface area contributed by atoms with Gasteiger partial charge >= 0.3 is 5.97 Å². The summed E-state index contributed by atoms with van der Waals surface area (Å²) in [4.78, 5) is 17.7. The molecule has 0 aromatic heterocycles. The number of para-hydroxylation sites is 2. The Morgan fingerprint density at radius 1 is 1.19 bits per heavy atom. The van der Waals surface area contributed by atoms with Gasteiger partial charge in [0, 0.05) is 38.6 Å². The van der Waals surface area contributed by atoms with Crippen LogP contribution >= 0.6 is 0 Å². The molecule has 2 saturated heterocycles. The number of ether oxygens (including phenoxy) is 2. The highest BCUT2D eigenvalue weighted by molar-refractivity contribution is 5.76. The molecule has 0 bridgehead atoms. The van der Waals surface area contributed by atoms with Gasteiger partial charge in [-0.1, -0.05) is 36.8 Å². The summed E-state index contributed by atoms with van der Waals surface area (Å²) < 4.78 is 11.5. The minimum absolute atomic E-state index is 0.00267. The van der Waals surface area contributed by atoms with Crippen molar-refractivity contribution in [2.24, 2.45) is 17.3 Å². The Labute approximate surface area is 185 Å². The predicted molar refractivity (Wildman–Crippen MR) is 122 cm³/mol. The van der Waals surface area contributed by atoms with Crippen molar-refractivity contribution in [3.8, 4) is 5.75 Å². The molecule has 5 rings (SSSR count). The Bertz CT molecular complexity index is 915. The van der Waals surface area contributed by atoms with Crippen LogP contribution in [0, 0.1) is 17.3 Å². The van der Waals surface area contributed by atoms with E-state index in [1.54, 1.807) is 7.11 Å². The molecular weight excluding hydrogens is 388 g/mol. The number of methoxy groups -OCH3 is 1. The normalized spacial score (nSPS) is 33.2. The van der Waals surface area contributed by atoms with Gasteiger partial charge in [-0.05, 0) is 49.3 Å². The van der Waals surface area contributed by atoms with Crippen molar-refractivity contribution in [3.63, 3.8) is 0 Å². The first-order chi connectivity index (χ1) is 15.0. The van der Waals surface area contributed by atoms with E-state index in [1.165, 1.54) is 11.1 Å². The fourth-order valence-electron chi connectivity index (χ4n) is 6.18. The van der Waals surface area contributed by atoms with Gasteiger partial charge in [0.05, 0.1) is 18.7 Å². The molecule has 31 heavy (non-hydrogen) atoms. The quantitative estimate of drug-likeness (QED) is 0.685. The fourth-order valence-corrected chi connectivity index (χ4v) is 6.18. The van der Waals surface area contributed by atoms with Gasteiger partial charge in [0.2, 0.25) is 0 Å². The molecule has 166 valence electrons. The van der Waals surface area contributed by atoms with Crippen LogP contribution in [-0.2, 0) is 9.53 Å². The molecule has 5 heteroatoms. The first-order valence-electron chi connectivity index (χ1n) is 11.7. The molecule has 4 atom stereocenters. The van der Waals surface area contributed by atoms with Crippen LogP contribution in [0.4, 0.5) is 5.69 Å². The zero-order valence-electron chi connectivity index (χ0n) is 19.0. The smallest absolute Gasteiger partial charge is 0.311 e. The van der Waals surface area contributed by atoms with E-state index in [-0.39, 0.29) is 29.3 Å². The maximum Gasteiger partial charge on any atom is 0.311 e. The SMILES string of the molecule is COc1ccccc1N1CCN(C[C@H]2C(=O)O[C@@H]3C[C@]4(C)CCC=C(C)C4=C[C@H]32)CC1. The number of hydrogen-bond acceptors (Lipinski definition) is 5. The van der Waals surface area contributed by atoms with Crippen LogP contribution in [0.5, 0.6) is 5.75 Å². The number of nitrogens with zero attached hydrogens (tertiary/aromatic N) is 2. The molecule has 2 fully saturated rings. The molecule has 2 aliphatic heterocycles. The van der Waals surface area contributed by atoms with E-state index >= 15 is 0 Å². The lowest BCUT2D eigenvalue weighted by atomic mass is 9.62. The number of carbonyl (C=O) groups is 1. The molecule has 2 heterocycles. The highest BCUT2D eigenvalue weighted by Gasteiger charge is 2.51. The highest BCUT2D eigenvalue weighted by atomic mass is 16.6. The van der Waals surface area contributed by atoms with Crippen molar-refractivity contribution >= 4 is 11.7 Å². The zero-order valence-corrected chi connectivity index (χ0v) is 19.0. The van der Waals surface area contributed by atoms with Crippen molar-refractivity contribution in [1.82, 2.24) is 4.90 Å². The summed E-state index contributed by atoms with van der Waals surface area (Å²) in [6.07, 6.45) is 8.07. The Morgan fingerprint density at radius 3 is 2.74 bits per heavy atom. The molecule has 1 aromatic carbocycles. The maximum absolute atomic E-state index is 12.9. The van der Waals surface area contributed by atoms with Gasteiger partial charge in [-0.2, -0.15) is 0 Å². The van der Waals surface area contributed by atoms with E-state index in [4.69, 9.17) is 9.47 Å². The number of allylic oxidation sites excluding steroid dienone is 3. The molecule has 2 aliphatic carbocycles. The van der Waals surface area contributed by atoms with Gasteiger partial charge in [0.1, 0.15) is 11.9 Å². The molecular formula is C26H34N2O3. The van der Waals surface area contributed by atoms with Crippen LogP contribution in [0.3, 0.4) is 0 Å². The number of fused-ring (bicyclic) bond motifs is 2. The standard InChI is InChI=1S/C26H34N2O3/c1-18-7-6-10-26(2)16-24-19(15-21(18)26)20(25(29)31-24)17-27-11-13-28(14-12-27)22-8-4-5-9-23(22)30-3/h4-5,7-9,15,19-20,24H,6,10-14,16-17H2,1-3H3/t19-,20+,24+,26-/m0/s1. The number of hydrogen-bond donors (Lipinski definition) is 0. The van der Waals surface area contributed by atoms with E-state index < -0.39 is 0 Å². The molecule has 0 N–H and O–H groups in total. The average molecular weight is 423 g/mol. The number of piperazine rings is 1. The fraction of sp³-hybridized carbons (Fsp3) is 0.577. The number of esters is 1. The largest absolute Gasteiger partial charge is 0.495 e. The average Bonchev–Trinajstić information content (AvgIpc) is 3.06. The van der Waals surface area contributed by atoms with Crippen molar-refractivity contribution in [2.75, 3.05) is 44.7 Å². The second-order valence-corrected chi connectivity index (χ2v) is 9.89. The third kappa shape index (κ3) is 3.67. The summed E-state index contributed by atoms with van der Waals surface area (Å²) in [5, 5.41) is 0. The zero-order chi connectivity index (χ0) is 21.6. The van der Waals surface area contributed by atoms with E-state index in [1.807, 2.05) is 12.1 Å². The summed E-state index contributed by atoms with van der Waals surface area (Å²) in [6, 6.07) is 8.21. The van der Waals surface area contributed by atoms with Gasteiger partial charge in [-0.25, -0.2) is 0 Å². The van der Waals surface area contributed by atoms with Crippen molar-refractivity contribution in [1.29, 1.82) is 0 Å². The predicted octanol–water partition coefficient (Wildman–Crippen LogP) is 4.05. The first kappa shape index (κ1) is 20.6. The van der Waals surface area contributed by atoms with Crippen molar-refractivity contribution in [3.05, 3.63) is 47.6 Å². The Morgan fingerprint density at radius 2 is 1.97 bits per heavy atom. The number of carbonyl (C=O) groups excluding carboxylic acids is 1. The number of rotatable bonds is 4. The monoisotopic (exact) mass is 422 g/mol. The van der Waals surface area contributed by atoms with Crippen molar-refractivity contribution in [2.45, 2.75) is 39.2 Å². The van der Waals surface area contributed by atoms with Gasteiger partial charge in [0.25, 0.3) is 0 Å². The van der Waals surface area contributed by atoms with Gasteiger partial charge in [0.15, 0.2) is 0 Å². The second kappa shape index (κ2) is 8.01. The highest BCUT2D eigenvalue weighted by Crippen LogP contribution is 2.52. The Balaban J connectivity index is 1.27. The number of anilines is 1. The van der Waals surface area contributed by atoms with Crippen LogP contribution in [0.1, 0.15) is 33.1 Å². The lowest BCUT2D eigenvalue weighted by Gasteiger charge is -2.43. The molecule has 0 radical (unpaired) electrons. The Hall–Kier alpha value is -2.27. The van der Waals surface area contributed by atoms with Crippen LogP contribution in [0.2, 0.25) is 0 Å². The maximum atomic E-state index is 12.9. The Kier molecular flexibility index (Phi) is 5.33. The van der Waals surface area contributed by atoms with Gasteiger partial charge in [-0.15, -0.1) is 0 Å². The summed E-state index contributed by atoms with van der Waals surface area (Å²) in [5.41, 5.74) is 4.18. The van der Waals surface area contributed by atoms with Crippen LogP contribution in [0.15, 0.2) is 47.6 Å². The number of benzene rings is 1. The van der Waals surface area contributed by atoms with E-state index in [0.717, 1.165) is 63.4 Å². The van der Waals surface area contributed by atoms with Gasteiger partial charge in [-0.3, -0.25) is 9.69 Å². The lowest BCUT2D eigenvalue weighted by molar-refractivity contribution is -0.145. The van der Waals surface area contributed by atoms with E-state index in [2.05, 4.69) is 47.9 Å².